The van der Waals surface area contributed by atoms with Gasteiger partial charge in [-0.25, -0.2) is 4.39 Å². The van der Waals surface area contributed by atoms with E-state index in [9.17, 15) is 18.0 Å². The molecule has 0 spiro atoms. The number of alkyl halides is 2. The molecule has 8 nitrogen and oxygen atoms in total. The number of methoxy groups -OCH3 is 1. The fourth-order valence-corrected chi connectivity index (χ4v) is 3.52. The van der Waals surface area contributed by atoms with Crippen molar-refractivity contribution in [1.29, 1.82) is 0 Å². The van der Waals surface area contributed by atoms with Crippen LogP contribution >= 0.6 is 12.2 Å². The second kappa shape index (κ2) is 12.2. The molecule has 1 aromatic carbocycles. The highest BCUT2D eigenvalue weighted by molar-refractivity contribution is 7.81. The lowest BCUT2D eigenvalue weighted by Gasteiger charge is -2.24. The second-order valence-corrected chi connectivity index (χ2v) is 7.40. The first-order valence-electron chi connectivity index (χ1n) is 10.2. The van der Waals surface area contributed by atoms with Crippen LogP contribution in [-0.4, -0.2) is 49.4 Å². The summed E-state index contributed by atoms with van der Waals surface area (Å²) >= 11 is 5.37. The van der Waals surface area contributed by atoms with Gasteiger partial charge in [0.15, 0.2) is 11.6 Å². The number of benzene rings is 1. The standard InChI is InChI=1S/C22H23F3N4O4S/c1-31-9-10-32-17-12-26-7-5-13(17)11-28-15-6-8-27-20(30)18(15)21(34)29-16-4-2-3-14(23)19(16)33-22(24)25/h2-5,7,12,22,28H,6,8-11H2,1H3,(H,27,30)(H,29,34). The summed E-state index contributed by atoms with van der Waals surface area (Å²) in [7, 11) is 1.57. The van der Waals surface area contributed by atoms with Gasteiger partial charge in [0.1, 0.15) is 17.3 Å². The van der Waals surface area contributed by atoms with Gasteiger partial charge in [-0.05, 0) is 18.2 Å². The van der Waals surface area contributed by atoms with Crippen LogP contribution < -0.4 is 25.4 Å². The summed E-state index contributed by atoms with van der Waals surface area (Å²) in [4.78, 5) is 16.6. The van der Waals surface area contributed by atoms with E-state index in [1.165, 1.54) is 12.1 Å². The minimum absolute atomic E-state index is 0.0734. The molecule has 1 amide bonds. The van der Waals surface area contributed by atoms with E-state index in [1.807, 2.05) is 0 Å². The maximum Gasteiger partial charge on any atom is 0.387 e. The van der Waals surface area contributed by atoms with Gasteiger partial charge in [-0.15, -0.1) is 0 Å². The van der Waals surface area contributed by atoms with E-state index in [0.29, 0.717) is 44.2 Å². The van der Waals surface area contributed by atoms with Crippen molar-refractivity contribution in [2.75, 3.05) is 32.2 Å². The van der Waals surface area contributed by atoms with Gasteiger partial charge < -0.3 is 30.2 Å². The molecule has 182 valence electrons. The van der Waals surface area contributed by atoms with Crippen molar-refractivity contribution in [2.45, 2.75) is 19.6 Å². The normalized spacial score (nSPS) is 13.5. The molecule has 0 saturated heterocycles. The number of rotatable bonds is 11. The monoisotopic (exact) mass is 496 g/mol. The molecular weight excluding hydrogens is 473 g/mol. The lowest BCUT2D eigenvalue weighted by atomic mass is 10.1. The molecule has 0 saturated carbocycles. The minimum Gasteiger partial charge on any atom is -0.489 e. The maximum absolute atomic E-state index is 14.0. The number of ether oxygens (including phenoxy) is 3. The fraction of sp³-hybridized carbons (Fsp3) is 0.318. The third-order valence-electron chi connectivity index (χ3n) is 4.75. The van der Waals surface area contributed by atoms with Crippen LogP contribution in [0.4, 0.5) is 18.9 Å². The molecule has 3 rings (SSSR count). The third-order valence-corrected chi connectivity index (χ3v) is 5.05. The Balaban J connectivity index is 1.81. The Morgan fingerprint density at radius 3 is 2.88 bits per heavy atom. The number of anilines is 1. The molecule has 1 aliphatic rings. The van der Waals surface area contributed by atoms with Gasteiger partial charge in [0.2, 0.25) is 0 Å². The first-order chi connectivity index (χ1) is 16.4. The number of halogens is 3. The molecular formula is C22H23F3N4O4S. The first-order valence-corrected chi connectivity index (χ1v) is 10.7. The molecule has 2 heterocycles. The lowest BCUT2D eigenvalue weighted by Crippen LogP contribution is -2.39. The summed E-state index contributed by atoms with van der Waals surface area (Å²) in [5.74, 6) is -1.58. The number of para-hydroxylation sites is 1. The number of hydrogen-bond donors (Lipinski definition) is 3. The molecule has 0 unspecified atom stereocenters. The van der Waals surface area contributed by atoms with Crippen LogP contribution in [0.1, 0.15) is 12.0 Å². The van der Waals surface area contributed by atoms with Crippen LogP contribution in [0, 0.1) is 5.82 Å². The number of pyridine rings is 1. The second-order valence-electron chi connectivity index (χ2n) is 6.99. The molecule has 0 radical (unpaired) electrons. The highest BCUT2D eigenvalue weighted by Crippen LogP contribution is 2.30. The summed E-state index contributed by atoms with van der Waals surface area (Å²) in [5, 5.41) is 8.55. The number of nitrogens with one attached hydrogen (secondary N) is 3. The predicted octanol–water partition coefficient (Wildman–Crippen LogP) is 3.15. The number of carbonyl (C=O) groups excluding carboxylic acids is 1. The molecule has 12 heteroatoms. The van der Waals surface area contributed by atoms with Crippen molar-refractivity contribution in [3.8, 4) is 11.5 Å². The first kappa shape index (κ1) is 25.2. The molecule has 1 aromatic heterocycles. The van der Waals surface area contributed by atoms with Crippen molar-refractivity contribution in [3.63, 3.8) is 0 Å². The Morgan fingerprint density at radius 2 is 2.12 bits per heavy atom. The van der Waals surface area contributed by atoms with Crippen LogP contribution in [0.25, 0.3) is 0 Å². The largest absolute Gasteiger partial charge is 0.489 e. The Labute approximate surface area is 199 Å². The Morgan fingerprint density at radius 1 is 1.29 bits per heavy atom. The maximum atomic E-state index is 14.0. The lowest BCUT2D eigenvalue weighted by molar-refractivity contribution is -0.117. The van der Waals surface area contributed by atoms with Crippen molar-refractivity contribution < 1.29 is 32.2 Å². The van der Waals surface area contributed by atoms with Gasteiger partial charge in [0, 0.05) is 44.1 Å². The summed E-state index contributed by atoms with van der Waals surface area (Å²) in [6.07, 6.45) is 3.64. The van der Waals surface area contributed by atoms with Gasteiger partial charge >= 0.3 is 6.61 Å². The number of nitrogens with zero attached hydrogens (tertiary/aromatic N) is 1. The molecule has 3 N–H and O–H groups in total. The van der Waals surface area contributed by atoms with E-state index in [0.717, 1.165) is 11.6 Å². The van der Waals surface area contributed by atoms with Crippen LogP contribution in [0.5, 0.6) is 11.5 Å². The molecule has 0 bridgehead atoms. The predicted molar refractivity (Wildman–Crippen MR) is 122 cm³/mol. The number of carbonyl (C=O) groups is 1. The average Bonchev–Trinajstić information content (AvgIpc) is 2.80. The molecule has 0 atom stereocenters. The van der Waals surface area contributed by atoms with E-state index in [2.05, 4.69) is 25.7 Å². The van der Waals surface area contributed by atoms with E-state index in [-0.39, 0.29) is 16.2 Å². The van der Waals surface area contributed by atoms with E-state index < -0.39 is 24.1 Å². The van der Waals surface area contributed by atoms with Crippen molar-refractivity contribution in [2.24, 2.45) is 0 Å². The Bertz CT molecular complexity index is 1070. The van der Waals surface area contributed by atoms with Gasteiger partial charge in [0.25, 0.3) is 5.91 Å². The third kappa shape index (κ3) is 6.58. The molecule has 2 aromatic rings. The number of hydrogen-bond acceptors (Lipinski definition) is 7. The molecule has 0 fully saturated rings. The zero-order valence-corrected chi connectivity index (χ0v) is 19.0. The Kier molecular flexibility index (Phi) is 9.05. The number of amides is 1. The topological polar surface area (TPSA) is 93.7 Å². The van der Waals surface area contributed by atoms with Gasteiger partial charge in [-0.1, -0.05) is 18.3 Å². The van der Waals surface area contributed by atoms with Gasteiger partial charge in [0.05, 0.1) is 24.1 Å². The zero-order chi connectivity index (χ0) is 24.5. The van der Waals surface area contributed by atoms with E-state index >= 15 is 0 Å². The summed E-state index contributed by atoms with van der Waals surface area (Å²) in [6.45, 7) is -1.80. The van der Waals surface area contributed by atoms with Crippen molar-refractivity contribution >= 4 is 28.8 Å². The molecule has 1 aliphatic heterocycles. The quantitative estimate of drug-likeness (QED) is 0.323. The summed E-state index contributed by atoms with van der Waals surface area (Å²) < 4.78 is 54.5. The van der Waals surface area contributed by atoms with E-state index in [1.54, 1.807) is 25.6 Å². The fourth-order valence-electron chi connectivity index (χ4n) is 3.19. The number of thiocarbonyl (C=S) groups is 1. The highest BCUT2D eigenvalue weighted by Gasteiger charge is 2.25. The highest BCUT2D eigenvalue weighted by atomic mass is 32.1. The SMILES string of the molecule is COCCOc1cnccc1CNC1=C(C(=S)Nc2cccc(F)c2OC(F)F)C(=O)NCC1. The van der Waals surface area contributed by atoms with Gasteiger partial charge in [-0.2, -0.15) is 8.78 Å². The Hall–Kier alpha value is -3.38. The van der Waals surface area contributed by atoms with Crippen LogP contribution in [-0.2, 0) is 16.1 Å². The number of aromatic nitrogens is 1. The van der Waals surface area contributed by atoms with Crippen molar-refractivity contribution in [1.82, 2.24) is 15.6 Å². The van der Waals surface area contributed by atoms with Crippen LogP contribution in [0.15, 0.2) is 47.9 Å². The van der Waals surface area contributed by atoms with Crippen molar-refractivity contribution in [3.05, 3.63) is 59.3 Å². The smallest absolute Gasteiger partial charge is 0.387 e. The zero-order valence-electron chi connectivity index (χ0n) is 18.2. The molecule has 34 heavy (non-hydrogen) atoms. The summed E-state index contributed by atoms with van der Waals surface area (Å²) in [6, 6.07) is 5.38. The van der Waals surface area contributed by atoms with Crippen LogP contribution in [0.3, 0.4) is 0 Å². The average molecular weight is 497 g/mol. The summed E-state index contributed by atoms with van der Waals surface area (Å²) in [5.41, 5.74) is 1.32. The molecule has 0 aliphatic carbocycles. The minimum atomic E-state index is -3.24. The van der Waals surface area contributed by atoms with Crippen LogP contribution in [0.2, 0.25) is 0 Å². The van der Waals surface area contributed by atoms with Gasteiger partial charge in [-0.3, -0.25) is 9.78 Å². The van der Waals surface area contributed by atoms with E-state index in [4.69, 9.17) is 21.7 Å².